The number of anilines is 2. The van der Waals surface area contributed by atoms with Crippen LogP contribution in [0.5, 0.6) is 0 Å². The fourth-order valence-corrected chi connectivity index (χ4v) is 6.35. The first-order valence-electron chi connectivity index (χ1n) is 14.0. The van der Waals surface area contributed by atoms with Crippen molar-refractivity contribution in [1.82, 2.24) is 9.99 Å². The van der Waals surface area contributed by atoms with Crippen molar-refractivity contribution in [2.75, 3.05) is 16.8 Å². The van der Waals surface area contributed by atoms with Crippen molar-refractivity contribution >= 4 is 11.4 Å². The first-order chi connectivity index (χ1) is 20.7. The number of para-hydroxylation sites is 1. The molecule has 213 valence electrons. The summed E-state index contributed by atoms with van der Waals surface area (Å²) in [6, 6.07) is 46.2. The standard InChI is InChI=1S/C37H27N5.Ir/c1-42(25-24-40(28-42)30-13-3-2-4-14-30)41-23-22-39(27-41)31-15-11-12-29(26-31)37(36-20-9-10-21-38-36)34-18-7-5-16-32(34)33-17-6-8-19-35(33)37;/h2-13,15-18,20-25,27-28H,1H3;/q-4;/t37-,42?;/m1./s1. The minimum Gasteiger partial charge on any atom is -0.495 e. The van der Waals surface area contributed by atoms with E-state index in [1.807, 2.05) is 36.5 Å². The summed E-state index contributed by atoms with van der Waals surface area (Å²) in [6.45, 7) is 4.25. The van der Waals surface area contributed by atoms with Crippen molar-refractivity contribution in [3.63, 3.8) is 0 Å². The van der Waals surface area contributed by atoms with E-state index in [1.165, 1.54) is 16.7 Å². The van der Waals surface area contributed by atoms with Gasteiger partial charge >= 0.3 is 0 Å². The Morgan fingerprint density at radius 3 is 2.42 bits per heavy atom. The number of benzene rings is 4. The number of aromatic nitrogens is 1. The van der Waals surface area contributed by atoms with Gasteiger partial charge in [0.15, 0.2) is 0 Å². The molecule has 0 bridgehead atoms. The molecule has 0 N–H and O–H groups in total. The van der Waals surface area contributed by atoms with Crippen LogP contribution in [0.2, 0.25) is 0 Å². The summed E-state index contributed by atoms with van der Waals surface area (Å²) in [5.41, 5.74) is 8.01. The molecule has 1 radical (unpaired) electrons. The van der Waals surface area contributed by atoms with Crippen LogP contribution in [0, 0.1) is 31.5 Å². The van der Waals surface area contributed by atoms with E-state index in [-0.39, 0.29) is 20.1 Å². The maximum absolute atomic E-state index is 4.93. The molecule has 0 amide bonds. The Hall–Kier alpha value is -4.48. The summed E-state index contributed by atoms with van der Waals surface area (Å²) >= 11 is 0. The normalized spacial score (nSPS) is 21.6. The molecule has 8 rings (SSSR count). The summed E-state index contributed by atoms with van der Waals surface area (Å²) in [5.74, 6) is 0. The smallest absolute Gasteiger partial charge is 0.106 e. The molecule has 1 aliphatic carbocycles. The van der Waals surface area contributed by atoms with Crippen LogP contribution < -0.4 is 9.80 Å². The van der Waals surface area contributed by atoms with E-state index in [9.17, 15) is 0 Å². The van der Waals surface area contributed by atoms with Crippen LogP contribution >= 0.6 is 0 Å². The Morgan fingerprint density at radius 1 is 0.744 bits per heavy atom. The van der Waals surface area contributed by atoms with Gasteiger partial charge in [-0.25, -0.2) is 0 Å². The Kier molecular flexibility index (Phi) is 6.78. The minimum absolute atomic E-state index is 0. The molecule has 0 spiro atoms. The summed E-state index contributed by atoms with van der Waals surface area (Å²) in [7, 11) is 2.14. The van der Waals surface area contributed by atoms with Gasteiger partial charge in [0.2, 0.25) is 0 Å². The van der Waals surface area contributed by atoms with E-state index < -0.39 is 5.41 Å². The molecule has 43 heavy (non-hydrogen) atoms. The second kappa shape index (κ2) is 10.7. The zero-order valence-corrected chi connectivity index (χ0v) is 25.8. The molecule has 0 saturated carbocycles. The SMILES string of the molecule is C[N+]1(N2C=CN(c3[c-]c([C@]4(c5ccccn5)c5[c-]cccc5-c5ccccc54)ccc3)[CH-]2)C=CN(c2[c-]cccc2)[CH-]1.[Ir]. The van der Waals surface area contributed by atoms with Crippen LogP contribution in [-0.2, 0) is 25.5 Å². The number of pyridine rings is 1. The van der Waals surface area contributed by atoms with Crippen LogP contribution in [0.15, 0.2) is 134 Å². The maximum Gasteiger partial charge on any atom is 0.106 e. The average molecular weight is 734 g/mol. The van der Waals surface area contributed by atoms with Crippen molar-refractivity contribution < 1.29 is 24.7 Å². The van der Waals surface area contributed by atoms with Crippen molar-refractivity contribution in [3.05, 3.63) is 188 Å². The second-order valence-corrected chi connectivity index (χ2v) is 10.8. The van der Waals surface area contributed by atoms with Gasteiger partial charge in [-0.05, 0) is 30.6 Å². The van der Waals surface area contributed by atoms with E-state index in [1.54, 1.807) is 0 Å². The number of hydrogen-bond donors (Lipinski definition) is 0. The number of hydrogen-bond acceptors (Lipinski definition) is 4. The largest absolute Gasteiger partial charge is 0.495 e. The van der Waals surface area contributed by atoms with Crippen LogP contribution in [0.3, 0.4) is 0 Å². The summed E-state index contributed by atoms with van der Waals surface area (Å²) < 4.78 is 0.461. The summed E-state index contributed by atoms with van der Waals surface area (Å²) in [6.07, 6.45) is 10.3. The van der Waals surface area contributed by atoms with Gasteiger partial charge in [-0.3, -0.25) is 4.98 Å². The number of fused-ring (bicyclic) bond motifs is 3. The quantitative estimate of drug-likeness (QED) is 0.140. The van der Waals surface area contributed by atoms with Gasteiger partial charge in [-0.15, -0.1) is 34.1 Å². The fourth-order valence-electron chi connectivity index (χ4n) is 6.35. The molecule has 4 aromatic carbocycles. The Bertz CT molecular complexity index is 1790. The number of quaternary nitrogens is 1. The molecule has 5 aromatic rings. The first kappa shape index (κ1) is 27.4. The van der Waals surface area contributed by atoms with Gasteiger partial charge < -0.3 is 19.4 Å². The molecule has 0 saturated heterocycles. The van der Waals surface area contributed by atoms with Gasteiger partial charge in [-0.2, -0.15) is 72.8 Å². The van der Waals surface area contributed by atoms with Crippen LogP contribution in [0.1, 0.15) is 22.4 Å². The molecule has 1 aromatic heterocycles. The molecule has 3 heterocycles. The summed E-state index contributed by atoms with van der Waals surface area (Å²) in [4.78, 5) is 9.15. The number of nitrogens with zero attached hydrogens (tertiary/aromatic N) is 5. The molecule has 0 fully saturated rings. The second-order valence-electron chi connectivity index (χ2n) is 10.8. The van der Waals surface area contributed by atoms with Gasteiger partial charge in [0.05, 0.1) is 12.7 Å². The van der Waals surface area contributed by atoms with Crippen LogP contribution in [0.25, 0.3) is 11.1 Å². The van der Waals surface area contributed by atoms with Crippen molar-refractivity contribution in [1.29, 1.82) is 0 Å². The molecular weight excluding hydrogens is 707 g/mol. The Labute approximate surface area is 266 Å². The minimum atomic E-state index is -0.635. The molecule has 1 unspecified atom stereocenters. The van der Waals surface area contributed by atoms with Crippen molar-refractivity contribution in [2.45, 2.75) is 5.41 Å². The van der Waals surface area contributed by atoms with Crippen molar-refractivity contribution in [2.24, 2.45) is 0 Å². The van der Waals surface area contributed by atoms with Gasteiger partial charge in [0, 0.05) is 44.1 Å². The average Bonchev–Trinajstić information content (AvgIpc) is 3.78. The molecule has 3 aliphatic rings. The molecule has 5 nitrogen and oxygen atoms in total. The van der Waals surface area contributed by atoms with E-state index >= 15 is 0 Å². The zero-order valence-electron chi connectivity index (χ0n) is 23.4. The topological polar surface area (TPSA) is 22.6 Å². The van der Waals surface area contributed by atoms with Crippen molar-refractivity contribution in [3.8, 4) is 11.1 Å². The van der Waals surface area contributed by atoms with Gasteiger partial charge in [-0.1, -0.05) is 42.6 Å². The number of rotatable bonds is 5. The molecular formula is C37H27IrN5-4. The monoisotopic (exact) mass is 734 g/mol. The Morgan fingerprint density at radius 2 is 1.56 bits per heavy atom. The van der Waals surface area contributed by atoms with E-state index in [4.69, 9.17) is 4.98 Å². The van der Waals surface area contributed by atoms with E-state index in [0.717, 1.165) is 28.2 Å². The molecule has 2 atom stereocenters. The maximum atomic E-state index is 4.93. The Balaban J connectivity index is 0.00000300. The summed E-state index contributed by atoms with van der Waals surface area (Å²) in [5, 5.41) is 2.16. The predicted molar refractivity (Wildman–Crippen MR) is 164 cm³/mol. The predicted octanol–water partition coefficient (Wildman–Crippen LogP) is 7.03. The third kappa shape index (κ3) is 4.25. The fraction of sp³-hybridized carbons (Fsp3) is 0.0541. The van der Waals surface area contributed by atoms with Gasteiger partial charge in [0.1, 0.15) is 6.20 Å². The van der Waals surface area contributed by atoms with Gasteiger partial charge in [0.25, 0.3) is 0 Å². The van der Waals surface area contributed by atoms with E-state index in [2.05, 4.69) is 151 Å². The third-order valence-corrected chi connectivity index (χ3v) is 8.34. The van der Waals surface area contributed by atoms with Crippen LogP contribution in [-0.4, -0.2) is 21.6 Å². The zero-order chi connectivity index (χ0) is 28.1. The molecule has 6 heteroatoms. The van der Waals surface area contributed by atoms with Crippen LogP contribution in [0.4, 0.5) is 11.4 Å². The first-order valence-corrected chi connectivity index (χ1v) is 14.0. The third-order valence-electron chi connectivity index (χ3n) is 8.34. The molecule has 2 aliphatic heterocycles. The van der Waals surface area contributed by atoms with E-state index in [0.29, 0.717) is 4.59 Å².